The van der Waals surface area contributed by atoms with Crippen molar-refractivity contribution >= 4 is 46.0 Å². The molecule has 2 aliphatic rings. The van der Waals surface area contributed by atoms with Gasteiger partial charge in [-0.15, -0.1) is 0 Å². The van der Waals surface area contributed by atoms with Crippen LogP contribution in [0.25, 0.3) is 10.9 Å². The molecule has 1 spiro atoms. The number of halogens is 1. The first-order valence-corrected chi connectivity index (χ1v) is 8.85. The lowest BCUT2D eigenvalue weighted by Crippen LogP contribution is -2.44. The lowest BCUT2D eigenvalue weighted by Gasteiger charge is -2.19. The molecule has 2 heterocycles. The Morgan fingerprint density at radius 3 is 2.85 bits per heavy atom. The summed E-state index contributed by atoms with van der Waals surface area (Å²) in [6.45, 7) is -0.340. The fourth-order valence-corrected chi connectivity index (χ4v) is 3.95. The molecule has 26 heavy (non-hydrogen) atoms. The highest BCUT2D eigenvalue weighted by molar-refractivity contribution is 6.32. The van der Waals surface area contributed by atoms with Gasteiger partial charge in [-0.25, -0.2) is 4.79 Å². The monoisotopic (exact) mass is 372 g/mol. The Balaban J connectivity index is 1.53. The van der Waals surface area contributed by atoms with Gasteiger partial charge in [-0.2, -0.15) is 0 Å². The topological polar surface area (TPSA) is 91.4 Å². The maximum atomic E-state index is 12.6. The van der Waals surface area contributed by atoms with E-state index in [1.54, 1.807) is 24.4 Å². The van der Waals surface area contributed by atoms with Gasteiger partial charge >= 0.3 is 6.03 Å². The second-order valence-corrected chi connectivity index (χ2v) is 7.12. The van der Waals surface area contributed by atoms with Gasteiger partial charge in [0.15, 0.2) is 0 Å². The number of pyridine rings is 1. The van der Waals surface area contributed by atoms with Gasteiger partial charge in [-0.1, -0.05) is 30.5 Å². The van der Waals surface area contributed by atoms with E-state index >= 15 is 0 Å². The normalized spacial score (nSPS) is 18.6. The number of hydrogen-bond donors (Lipinski definition) is 2. The van der Waals surface area contributed by atoms with E-state index in [1.165, 1.54) is 0 Å². The summed E-state index contributed by atoms with van der Waals surface area (Å²) in [6.07, 6.45) is 4.66. The SMILES string of the molecule is O=C(CN1C(=O)NC2(CCCC2)C1=O)Nc1cc(Cl)cc2cccnc12. The van der Waals surface area contributed by atoms with Crippen LogP contribution in [0.4, 0.5) is 10.5 Å². The predicted octanol–water partition coefficient (Wildman–Crippen LogP) is 2.69. The van der Waals surface area contributed by atoms with Crippen LogP contribution in [0, 0.1) is 0 Å². The summed E-state index contributed by atoms with van der Waals surface area (Å²) in [7, 11) is 0. The molecule has 2 aromatic rings. The first kappa shape index (κ1) is 16.8. The standard InChI is InChI=1S/C18H17ClN4O3/c19-12-8-11-4-3-7-20-15(11)13(9-12)21-14(24)10-23-16(25)18(22-17(23)26)5-1-2-6-18/h3-4,7-9H,1-2,5-6,10H2,(H,21,24)(H,22,26). The van der Waals surface area contributed by atoms with Gasteiger partial charge in [0.05, 0.1) is 11.2 Å². The number of urea groups is 1. The van der Waals surface area contributed by atoms with Crippen LogP contribution < -0.4 is 10.6 Å². The molecule has 4 amide bonds. The van der Waals surface area contributed by atoms with Gasteiger partial charge < -0.3 is 10.6 Å². The number of carbonyl (C=O) groups is 3. The minimum Gasteiger partial charge on any atom is -0.323 e. The van der Waals surface area contributed by atoms with E-state index in [0.717, 1.165) is 23.1 Å². The smallest absolute Gasteiger partial charge is 0.323 e. The fourth-order valence-electron chi connectivity index (χ4n) is 3.72. The third kappa shape index (κ3) is 2.78. The molecule has 0 unspecified atom stereocenters. The number of nitrogens with zero attached hydrogens (tertiary/aromatic N) is 2. The number of benzene rings is 1. The number of carbonyl (C=O) groups excluding carboxylic acids is 3. The van der Waals surface area contributed by atoms with Crippen LogP contribution in [-0.2, 0) is 9.59 Å². The van der Waals surface area contributed by atoms with Gasteiger partial charge in [-0.05, 0) is 31.0 Å². The molecular weight excluding hydrogens is 356 g/mol. The Bertz CT molecular complexity index is 924. The van der Waals surface area contributed by atoms with Crippen molar-refractivity contribution in [1.29, 1.82) is 0 Å². The fraction of sp³-hybridized carbons (Fsp3) is 0.333. The number of amides is 4. The lowest BCUT2D eigenvalue weighted by atomic mass is 9.98. The van der Waals surface area contributed by atoms with Crippen molar-refractivity contribution in [3.05, 3.63) is 35.5 Å². The van der Waals surface area contributed by atoms with Crippen LogP contribution in [0.5, 0.6) is 0 Å². The Kier molecular flexibility index (Phi) is 4.03. The van der Waals surface area contributed by atoms with Crippen molar-refractivity contribution in [3.63, 3.8) is 0 Å². The highest BCUT2D eigenvalue weighted by Crippen LogP contribution is 2.35. The molecule has 0 bridgehead atoms. The molecule has 0 radical (unpaired) electrons. The molecule has 134 valence electrons. The van der Waals surface area contributed by atoms with Gasteiger partial charge in [0, 0.05) is 16.6 Å². The third-order valence-corrected chi connectivity index (χ3v) is 5.17. The zero-order valence-corrected chi connectivity index (χ0v) is 14.7. The molecule has 1 aromatic carbocycles. The summed E-state index contributed by atoms with van der Waals surface area (Å²) < 4.78 is 0. The number of fused-ring (bicyclic) bond motifs is 1. The number of imide groups is 1. The number of aromatic nitrogens is 1. The molecule has 2 fully saturated rings. The number of rotatable bonds is 3. The van der Waals surface area contributed by atoms with E-state index < -0.39 is 17.5 Å². The van der Waals surface area contributed by atoms with Gasteiger partial charge in [0.25, 0.3) is 5.91 Å². The summed E-state index contributed by atoms with van der Waals surface area (Å²) in [5.74, 6) is -0.790. The van der Waals surface area contributed by atoms with Crippen molar-refractivity contribution in [3.8, 4) is 0 Å². The summed E-state index contributed by atoms with van der Waals surface area (Å²) in [5, 5.41) is 6.72. The van der Waals surface area contributed by atoms with Gasteiger partial charge in [0.1, 0.15) is 12.1 Å². The minimum absolute atomic E-state index is 0.316. The Hall–Kier alpha value is -2.67. The van der Waals surface area contributed by atoms with Crippen LogP contribution in [0.15, 0.2) is 30.5 Å². The predicted molar refractivity (Wildman–Crippen MR) is 96.8 cm³/mol. The molecule has 1 aliphatic heterocycles. The molecule has 1 aliphatic carbocycles. The zero-order chi connectivity index (χ0) is 18.3. The van der Waals surface area contributed by atoms with Crippen molar-refractivity contribution in [2.24, 2.45) is 0 Å². The highest BCUT2D eigenvalue weighted by Gasteiger charge is 2.52. The number of anilines is 1. The van der Waals surface area contributed by atoms with Crippen LogP contribution in [-0.4, -0.2) is 39.8 Å². The Labute approximate surface area is 154 Å². The van der Waals surface area contributed by atoms with Crippen molar-refractivity contribution in [2.75, 3.05) is 11.9 Å². The average Bonchev–Trinajstić information content (AvgIpc) is 3.16. The maximum absolute atomic E-state index is 12.6. The second-order valence-electron chi connectivity index (χ2n) is 6.69. The van der Waals surface area contributed by atoms with E-state index in [4.69, 9.17) is 11.6 Å². The third-order valence-electron chi connectivity index (χ3n) is 4.95. The zero-order valence-electron chi connectivity index (χ0n) is 13.9. The molecule has 8 heteroatoms. The Morgan fingerprint density at radius 2 is 2.08 bits per heavy atom. The molecule has 1 aromatic heterocycles. The van der Waals surface area contributed by atoms with Crippen molar-refractivity contribution < 1.29 is 14.4 Å². The highest BCUT2D eigenvalue weighted by atomic mass is 35.5. The van der Waals surface area contributed by atoms with E-state index in [9.17, 15) is 14.4 Å². The first-order chi connectivity index (χ1) is 12.5. The van der Waals surface area contributed by atoms with Crippen molar-refractivity contribution in [2.45, 2.75) is 31.2 Å². The van der Waals surface area contributed by atoms with E-state index in [1.807, 2.05) is 6.07 Å². The maximum Gasteiger partial charge on any atom is 0.325 e. The molecular formula is C18H17ClN4O3. The number of nitrogens with one attached hydrogen (secondary N) is 2. The summed E-state index contributed by atoms with van der Waals surface area (Å²) >= 11 is 6.10. The minimum atomic E-state index is -0.818. The molecule has 2 N–H and O–H groups in total. The second kappa shape index (κ2) is 6.25. The summed E-state index contributed by atoms with van der Waals surface area (Å²) in [4.78, 5) is 42.5. The molecule has 0 atom stereocenters. The van der Waals surface area contributed by atoms with Crippen LogP contribution >= 0.6 is 11.6 Å². The molecule has 1 saturated heterocycles. The van der Waals surface area contributed by atoms with Crippen LogP contribution in [0.3, 0.4) is 0 Å². The van der Waals surface area contributed by atoms with Crippen molar-refractivity contribution in [1.82, 2.24) is 15.2 Å². The molecule has 1 saturated carbocycles. The van der Waals surface area contributed by atoms with E-state index in [-0.39, 0.29) is 12.5 Å². The molecule has 4 rings (SSSR count). The summed E-state index contributed by atoms with van der Waals surface area (Å²) in [6, 6.07) is 6.45. The number of hydrogen-bond acceptors (Lipinski definition) is 4. The first-order valence-electron chi connectivity index (χ1n) is 8.47. The van der Waals surface area contributed by atoms with Gasteiger partial charge in [-0.3, -0.25) is 19.5 Å². The quantitative estimate of drug-likeness (QED) is 0.810. The van der Waals surface area contributed by atoms with E-state index in [0.29, 0.717) is 29.1 Å². The van der Waals surface area contributed by atoms with Crippen LogP contribution in [0.1, 0.15) is 25.7 Å². The van der Waals surface area contributed by atoms with Crippen LogP contribution in [0.2, 0.25) is 5.02 Å². The largest absolute Gasteiger partial charge is 0.325 e. The summed E-state index contributed by atoms with van der Waals surface area (Å²) in [5.41, 5.74) is 0.220. The lowest BCUT2D eigenvalue weighted by molar-refractivity contribution is -0.133. The Morgan fingerprint density at radius 1 is 1.31 bits per heavy atom. The molecule has 7 nitrogen and oxygen atoms in total. The average molecular weight is 373 g/mol. The van der Waals surface area contributed by atoms with E-state index in [2.05, 4.69) is 15.6 Å². The van der Waals surface area contributed by atoms with Gasteiger partial charge in [0.2, 0.25) is 5.91 Å².